The summed E-state index contributed by atoms with van der Waals surface area (Å²) in [7, 11) is 0. The summed E-state index contributed by atoms with van der Waals surface area (Å²) >= 11 is 0. The summed E-state index contributed by atoms with van der Waals surface area (Å²) in [4.78, 5) is 81.3. The topological polar surface area (TPSA) is 276 Å². The van der Waals surface area contributed by atoms with Gasteiger partial charge in [0.05, 0.1) is 17.8 Å². The molecular formula is C48H71LiN6O11. The van der Waals surface area contributed by atoms with Crippen molar-refractivity contribution in [2.75, 3.05) is 30.3 Å². The number of Topliss-reactive ketones (excluding diaryl/α,β-unsaturated/α-hetero) is 2. The van der Waals surface area contributed by atoms with Crippen LogP contribution in [0.2, 0.25) is 0 Å². The molecule has 17 nitrogen and oxygen atoms in total. The van der Waals surface area contributed by atoms with Gasteiger partial charge >= 0.3 is 30.8 Å². The summed E-state index contributed by atoms with van der Waals surface area (Å²) in [5, 5.41) is 42.7. The molecule has 2 amide bonds. The Labute approximate surface area is 400 Å². The molecule has 0 bridgehead atoms. The van der Waals surface area contributed by atoms with E-state index in [1.54, 1.807) is 6.92 Å². The summed E-state index contributed by atoms with van der Waals surface area (Å²) in [5.41, 5.74) is 1.75. The van der Waals surface area contributed by atoms with Crippen LogP contribution in [0, 0.1) is 11.8 Å². The van der Waals surface area contributed by atoms with Gasteiger partial charge in [0.2, 0.25) is 11.8 Å². The van der Waals surface area contributed by atoms with Crippen molar-refractivity contribution < 1.29 is 73.2 Å². The second-order valence-corrected chi connectivity index (χ2v) is 18.1. The van der Waals surface area contributed by atoms with Gasteiger partial charge in [0, 0.05) is 63.0 Å². The van der Waals surface area contributed by atoms with E-state index in [-0.39, 0.29) is 80.0 Å². The first-order chi connectivity index (χ1) is 30.6. The van der Waals surface area contributed by atoms with Crippen LogP contribution < -0.4 is 40.1 Å². The molecule has 2 fully saturated rings. The van der Waals surface area contributed by atoms with E-state index < -0.39 is 47.0 Å². The molecule has 2 aromatic rings. The van der Waals surface area contributed by atoms with Crippen molar-refractivity contribution in [2.24, 2.45) is 11.8 Å². The zero-order chi connectivity index (χ0) is 46.3. The Morgan fingerprint density at radius 3 is 1.50 bits per heavy atom. The van der Waals surface area contributed by atoms with E-state index in [0.29, 0.717) is 38.5 Å². The van der Waals surface area contributed by atoms with E-state index in [4.69, 9.17) is 9.72 Å². The monoisotopic (exact) mass is 915 g/mol. The van der Waals surface area contributed by atoms with Crippen molar-refractivity contribution in [3.63, 3.8) is 0 Å². The second kappa shape index (κ2) is 26.8. The first-order valence-electron chi connectivity index (χ1n) is 23.5. The van der Waals surface area contributed by atoms with Gasteiger partial charge in [-0.3, -0.25) is 19.2 Å². The second-order valence-electron chi connectivity index (χ2n) is 18.1. The van der Waals surface area contributed by atoms with Gasteiger partial charge in [0.25, 0.3) is 0 Å². The number of carboxylic acid groups (broad SMARTS) is 1. The molecule has 4 aliphatic rings. The number of carboxylic acids is 1. The number of aliphatic hydroxyl groups is 2. The number of nitrogens with zero attached hydrogens (tertiary/aromatic N) is 2. The number of esters is 1. The molecule has 0 spiro atoms. The maximum Gasteiger partial charge on any atom is 1.00 e. The Morgan fingerprint density at radius 2 is 1.11 bits per heavy atom. The zero-order valence-corrected chi connectivity index (χ0v) is 39.4. The maximum atomic E-state index is 12.7. The number of carbonyl (C=O) groups is 6. The summed E-state index contributed by atoms with van der Waals surface area (Å²) in [6.07, 6.45) is 13.3. The SMILES string of the molecule is CC(=O)NC(C(=O)O)C1(O)CCC(C(=O)CCCCc2ccc3c(n2)NCCC3)CC1.CCOC(=O)C(NC(C)=O)C1(O)CCC(C(=O)CCCCc2ccc3c(n2)NCCC3)CC1.[Li+].[OH-]. The van der Waals surface area contributed by atoms with Gasteiger partial charge < -0.3 is 46.8 Å². The van der Waals surface area contributed by atoms with E-state index in [9.17, 15) is 44.1 Å². The Morgan fingerprint density at radius 1 is 0.697 bits per heavy atom. The van der Waals surface area contributed by atoms with Gasteiger partial charge in [-0.1, -0.05) is 12.1 Å². The van der Waals surface area contributed by atoms with E-state index in [2.05, 4.69) is 50.5 Å². The smallest absolute Gasteiger partial charge is 0.870 e. The van der Waals surface area contributed by atoms with Crippen LogP contribution in [0.1, 0.15) is 146 Å². The number of aromatic nitrogens is 2. The van der Waals surface area contributed by atoms with Crippen LogP contribution >= 0.6 is 0 Å². The molecule has 2 aromatic heterocycles. The molecule has 66 heavy (non-hydrogen) atoms. The van der Waals surface area contributed by atoms with Crippen molar-refractivity contribution >= 4 is 47.0 Å². The Balaban J connectivity index is 0.000000341. The minimum absolute atomic E-state index is 0. The van der Waals surface area contributed by atoms with Gasteiger partial charge in [-0.15, -0.1) is 0 Å². The van der Waals surface area contributed by atoms with E-state index in [1.165, 1.54) is 25.0 Å². The number of ether oxygens (including phenoxy) is 1. The van der Waals surface area contributed by atoms with Crippen molar-refractivity contribution in [3.8, 4) is 0 Å². The van der Waals surface area contributed by atoms with Crippen LogP contribution in [0.4, 0.5) is 11.6 Å². The largest absolute Gasteiger partial charge is 1.00 e. The van der Waals surface area contributed by atoms with Crippen LogP contribution in [-0.2, 0) is 59.2 Å². The number of aryl methyl sites for hydroxylation is 4. The number of aliphatic carboxylic acids is 1. The Kier molecular flexibility index (Phi) is 22.7. The van der Waals surface area contributed by atoms with Crippen LogP contribution in [0.3, 0.4) is 0 Å². The van der Waals surface area contributed by atoms with Crippen LogP contribution in [-0.4, -0.2) is 109 Å². The van der Waals surface area contributed by atoms with E-state index in [0.717, 1.165) is 100 Å². The van der Waals surface area contributed by atoms with E-state index in [1.807, 2.05) is 0 Å². The third-order valence-electron chi connectivity index (χ3n) is 13.3. The molecule has 2 aliphatic heterocycles. The quantitative estimate of drug-likeness (QED) is 0.0601. The van der Waals surface area contributed by atoms with Gasteiger partial charge in [-0.25, -0.2) is 19.6 Å². The zero-order valence-electron chi connectivity index (χ0n) is 39.4. The predicted molar refractivity (Wildman–Crippen MR) is 242 cm³/mol. The van der Waals surface area contributed by atoms with Crippen molar-refractivity contribution in [1.82, 2.24) is 20.6 Å². The molecule has 0 radical (unpaired) electrons. The normalized spacial score (nSPS) is 22.7. The molecule has 0 aromatic carbocycles. The first kappa shape index (κ1) is 55.9. The molecule has 6 rings (SSSR count). The van der Waals surface area contributed by atoms with Crippen LogP contribution in [0.25, 0.3) is 0 Å². The molecule has 2 aliphatic carbocycles. The fourth-order valence-electron chi connectivity index (χ4n) is 9.56. The number of unbranched alkanes of at least 4 members (excludes halogenated alkanes) is 2. The number of anilines is 2. The molecule has 4 heterocycles. The van der Waals surface area contributed by atoms with Gasteiger partial charge in [0.15, 0.2) is 12.1 Å². The van der Waals surface area contributed by atoms with Crippen molar-refractivity contribution in [1.29, 1.82) is 0 Å². The Hall–Kier alpha value is -4.40. The van der Waals surface area contributed by atoms with Crippen LogP contribution in [0.15, 0.2) is 24.3 Å². The van der Waals surface area contributed by atoms with Crippen molar-refractivity contribution in [2.45, 2.75) is 172 Å². The first-order valence-corrected chi connectivity index (χ1v) is 23.5. The number of nitrogens with one attached hydrogen (secondary N) is 4. The number of amides is 2. The fraction of sp³-hybridized carbons (Fsp3) is 0.667. The number of carbonyl (C=O) groups excluding carboxylic acids is 5. The van der Waals surface area contributed by atoms with Crippen LogP contribution in [0.5, 0.6) is 0 Å². The number of hydrogen-bond acceptors (Lipinski definition) is 14. The number of pyridine rings is 2. The van der Waals surface area contributed by atoms with Gasteiger partial charge in [-0.2, -0.15) is 0 Å². The molecule has 2 unspecified atom stereocenters. The average molecular weight is 915 g/mol. The molecule has 18 heteroatoms. The summed E-state index contributed by atoms with van der Waals surface area (Å²) < 4.78 is 5.04. The molecule has 360 valence electrons. The summed E-state index contributed by atoms with van der Waals surface area (Å²) in [6.45, 7) is 6.32. The minimum atomic E-state index is -1.51. The average Bonchev–Trinajstić information content (AvgIpc) is 3.28. The number of hydrogen-bond donors (Lipinski definition) is 7. The molecule has 8 N–H and O–H groups in total. The van der Waals surface area contributed by atoms with Gasteiger partial charge in [-0.05, 0) is 146 Å². The maximum absolute atomic E-state index is 12.7. The third-order valence-corrected chi connectivity index (χ3v) is 13.3. The van der Waals surface area contributed by atoms with E-state index >= 15 is 0 Å². The third kappa shape index (κ3) is 16.1. The molecular weight excluding hydrogens is 843 g/mol. The molecule has 0 saturated heterocycles. The number of fused-ring (bicyclic) bond motifs is 2. The predicted octanol–water partition coefficient (Wildman–Crippen LogP) is 1.77. The minimum Gasteiger partial charge on any atom is -0.870 e. The molecule has 2 atom stereocenters. The number of rotatable bonds is 19. The van der Waals surface area contributed by atoms with Crippen molar-refractivity contribution in [3.05, 3.63) is 46.8 Å². The summed E-state index contributed by atoms with van der Waals surface area (Å²) in [6, 6.07) is 6.00. The standard InChI is InChI=1S/C25H37N3O5.C23H33N3O5.Li.H2O/c1-3-33-24(31)22(27-17(2)29)25(32)14-12-18(13-15-25)21(30)9-5-4-8-20-11-10-19-7-6-16-26-23(19)28-20;1-15(27)25-20(22(29)30)23(31)12-10-16(11-13-23)19(28)7-3-2-6-18-9-8-17-5-4-14-24-21(17)26-18;;/h10-11,18,22,32H,3-9,12-16H2,1-2H3,(H,26,28)(H,27,29);8-9,16,20,31H,2-7,10-14H2,1H3,(H,24,26)(H,25,27)(H,29,30);;1H2/q;;+1;/p-1. The Bertz CT molecular complexity index is 1950. The number of ketones is 2. The fourth-order valence-corrected chi connectivity index (χ4v) is 9.56. The van der Waals surface area contributed by atoms with Gasteiger partial charge in [0.1, 0.15) is 23.2 Å². The molecule has 2 saturated carbocycles. The summed E-state index contributed by atoms with van der Waals surface area (Å²) in [5.74, 6) is -0.669.